The number of para-hydroxylation sites is 1. The molecule has 2 aromatic carbocycles. The molecule has 1 aromatic heterocycles. The van der Waals surface area contributed by atoms with Crippen molar-refractivity contribution in [3.63, 3.8) is 0 Å². The number of hydrogen-bond acceptors (Lipinski definition) is 4. The molecular weight excluding hydrogens is 373 g/mol. The molecule has 28 heavy (non-hydrogen) atoms. The fraction of sp³-hybridized carbons (Fsp3) is 0.200. The smallest absolute Gasteiger partial charge is 0.416 e. The third kappa shape index (κ3) is 4.58. The maximum Gasteiger partial charge on any atom is 0.416 e. The summed E-state index contributed by atoms with van der Waals surface area (Å²) in [6.45, 7) is 0.375. The third-order valence-corrected chi connectivity index (χ3v) is 3.93. The molecule has 3 rings (SSSR count). The molecule has 8 heteroatoms. The van der Waals surface area contributed by atoms with E-state index in [4.69, 9.17) is 9.47 Å². The number of nitrogens with zero attached hydrogens (tertiary/aromatic N) is 1. The quantitative estimate of drug-likeness (QED) is 0.628. The van der Waals surface area contributed by atoms with Gasteiger partial charge in [-0.2, -0.15) is 13.2 Å². The van der Waals surface area contributed by atoms with Gasteiger partial charge in [-0.1, -0.05) is 24.3 Å². The first-order valence-electron chi connectivity index (χ1n) is 8.38. The molecular formula is C20H17F3N2O3. The number of alkyl halides is 3. The predicted molar refractivity (Wildman–Crippen MR) is 98.5 cm³/mol. The van der Waals surface area contributed by atoms with E-state index in [1.165, 1.54) is 19.2 Å². The molecule has 0 saturated carbocycles. The molecule has 0 unspecified atom stereocenters. The first kappa shape index (κ1) is 19.6. The second-order valence-corrected chi connectivity index (χ2v) is 5.89. The lowest BCUT2D eigenvalue weighted by Crippen LogP contribution is -2.16. The van der Waals surface area contributed by atoms with E-state index >= 15 is 0 Å². The summed E-state index contributed by atoms with van der Waals surface area (Å²) in [6.07, 6.45) is -4.55. The zero-order valence-corrected chi connectivity index (χ0v) is 14.9. The molecule has 146 valence electrons. The number of carbonyl (C=O) groups is 1. The van der Waals surface area contributed by atoms with Crippen LogP contribution in [0.25, 0.3) is 10.9 Å². The lowest BCUT2D eigenvalue weighted by atomic mass is 10.1. The van der Waals surface area contributed by atoms with Gasteiger partial charge < -0.3 is 14.8 Å². The summed E-state index contributed by atoms with van der Waals surface area (Å²) in [7, 11) is 1.48. The third-order valence-electron chi connectivity index (χ3n) is 3.93. The van der Waals surface area contributed by atoms with Gasteiger partial charge in [-0.25, -0.2) is 4.98 Å². The summed E-state index contributed by atoms with van der Waals surface area (Å²) in [5.41, 5.74) is -0.297. The van der Waals surface area contributed by atoms with Crippen molar-refractivity contribution in [2.24, 2.45) is 0 Å². The van der Waals surface area contributed by atoms with Crippen LogP contribution in [-0.4, -0.2) is 31.2 Å². The molecule has 0 aliphatic heterocycles. The van der Waals surface area contributed by atoms with E-state index < -0.39 is 17.6 Å². The minimum absolute atomic E-state index is 0.0824. The molecule has 0 saturated heterocycles. The van der Waals surface area contributed by atoms with Gasteiger partial charge >= 0.3 is 6.18 Å². The summed E-state index contributed by atoms with van der Waals surface area (Å²) < 4.78 is 49.5. The van der Waals surface area contributed by atoms with Crippen LogP contribution < -0.4 is 10.1 Å². The number of rotatable bonds is 6. The fourth-order valence-electron chi connectivity index (χ4n) is 2.54. The minimum Gasteiger partial charge on any atom is -0.489 e. The van der Waals surface area contributed by atoms with Crippen LogP contribution in [0, 0.1) is 0 Å². The van der Waals surface area contributed by atoms with Gasteiger partial charge in [0.1, 0.15) is 18.1 Å². The number of nitrogens with one attached hydrogen (secondary N) is 1. The van der Waals surface area contributed by atoms with Gasteiger partial charge in [0, 0.05) is 12.5 Å². The minimum atomic E-state index is -4.55. The molecule has 0 atom stereocenters. The Morgan fingerprint density at radius 1 is 1.07 bits per heavy atom. The maximum atomic E-state index is 13.1. The van der Waals surface area contributed by atoms with Crippen LogP contribution in [0.3, 0.4) is 0 Å². The van der Waals surface area contributed by atoms with Gasteiger partial charge in [0.05, 0.1) is 23.4 Å². The molecule has 0 aliphatic carbocycles. The van der Waals surface area contributed by atoms with Crippen molar-refractivity contribution in [3.05, 3.63) is 65.9 Å². The zero-order valence-electron chi connectivity index (χ0n) is 14.9. The Morgan fingerprint density at radius 3 is 2.61 bits per heavy atom. The van der Waals surface area contributed by atoms with Crippen molar-refractivity contribution in [1.29, 1.82) is 0 Å². The number of fused-ring (bicyclic) bond motifs is 1. The Balaban J connectivity index is 1.89. The molecule has 3 aromatic rings. The number of hydrogen-bond donors (Lipinski definition) is 1. The number of benzene rings is 2. The summed E-state index contributed by atoms with van der Waals surface area (Å²) in [5.74, 6) is -0.527. The van der Waals surface area contributed by atoms with Crippen molar-refractivity contribution in [1.82, 2.24) is 4.98 Å². The van der Waals surface area contributed by atoms with Crippen LogP contribution in [-0.2, 0) is 10.9 Å². The summed E-state index contributed by atoms with van der Waals surface area (Å²) in [6, 6.07) is 13.3. The first-order chi connectivity index (χ1) is 13.4. The highest BCUT2D eigenvalue weighted by molar-refractivity contribution is 6.04. The van der Waals surface area contributed by atoms with Crippen LogP contribution in [0.15, 0.2) is 54.6 Å². The molecule has 0 bridgehead atoms. The number of methoxy groups -OCH3 is 1. The van der Waals surface area contributed by atoms with Gasteiger partial charge in [-0.05, 0) is 30.3 Å². The van der Waals surface area contributed by atoms with Crippen molar-refractivity contribution >= 4 is 22.5 Å². The summed E-state index contributed by atoms with van der Waals surface area (Å²) in [4.78, 5) is 16.8. The van der Waals surface area contributed by atoms with Crippen molar-refractivity contribution in [3.8, 4) is 5.75 Å². The van der Waals surface area contributed by atoms with Crippen LogP contribution >= 0.6 is 0 Å². The SMILES string of the molecule is COCCOc1ccc(C(F)(F)F)cc1NC(=O)c1ccc2ccccc2n1. The van der Waals surface area contributed by atoms with E-state index in [9.17, 15) is 18.0 Å². The lowest BCUT2D eigenvalue weighted by molar-refractivity contribution is -0.137. The monoisotopic (exact) mass is 390 g/mol. The standard InChI is InChI=1S/C20H17F3N2O3/c1-27-10-11-28-18-9-7-14(20(21,22)23)12-17(18)25-19(26)16-8-6-13-4-2-3-5-15(13)24-16/h2-9,12H,10-11H2,1H3,(H,25,26). The largest absolute Gasteiger partial charge is 0.489 e. The van der Waals surface area contributed by atoms with Gasteiger partial charge in [0.15, 0.2) is 0 Å². The molecule has 0 fully saturated rings. The van der Waals surface area contributed by atoms with Crippen LogP contribution in [0.5, 0.6) is 5.75 Å². The lowest BCUT2D eigenvalue weighted by Gasteiger charge is -2.15. The van der Waals surface area contributed by atoms with Crippen LogP contribution in [0.1, 0.15) is 16.1 Å². The predicted octanol–water partition coefficient (Wildman–Crippen LogP) is 4.53. The zero-order chi connectivity index (χ0) is 20.1. The fourth-order valence-corrected chi connectivity index (χ4v) is 2.54. The van der Waals surface area contributed by atoms with Gasteiger partial charge in [0.2, 0.25) is 0 Å². The number of anilines is 1. The normalized spacial score (nSPS) is 11.4. The Morgan fingerprint density at radius 2 is 1.86 bits per heavy atom. The van der Waals surface area contributed by atoms with Crippen LogP contribution in [0.4, 0.5) is 18.9 Å². The highest BCUT2D eigenvalue weighted by atomic mass is 19.4. The first-order valence-corrected chi connectivity index (χ1v) is 8.38. The van der Waals surface area contributed by atoms with Crippen molar-refractivity contribution in [2.45, 2.75) is 6.18 Å². The average molecular weight is 390 g/mol. The van der Waals surface area contributed by atoms with E-state index in [-0.39, 0.29) is 30.3 Å². The number of aromatic nitrogens is 1. The molecule has 0 aliphatic rings. The molecule has 5 nitrogen and oxygen atoms in total. The topological polar surface area (TPSA) is 60.5 Å². The molecule has 0 spiro atoms. The number of carbonyl (C=O) groups excluding carboxylic acids is 1. The Labute approximate surface area is 159 Å². The Kier molecular flexibility index (Phi) is 5.79. The molecule has 1 heterocycles. The number of ether oxygens (including phenoxy) is 2. The van der Waals surface area contributed by atoms with Crippen molar-refractivity contribution in [2.75, 3.05) is 25.6 Å². The van der Waals surface area contributed by atoms with E-state index in [1.54, 1.807) is 18.2 Å². The van der Waals surface area contributed by atoms with E-state index in [1.807, 2.05) is 12.1 Å². The van der Waals surface area contributed by atoms with E-state index in [2.05, 4.69) is 10.3 Å². The molecule has 1 amide bonds. The highest BCUT2D eigenvalue weighted by Gasteiger charge is 2.31. The van der Waals surface area contributed by atoms with Gasteiger partial charge in [-0.15, -0.1) is 0 Å². The summed E-state index contributed by atoms with van der Waals surface area (Å²) >= 11 is 0. The molecule has 1 N–H and O–H groups in total. The number of halogens is 3. The highest BCUT2D eigenvalue weighted by Crippen LogP contribution is 2.35. The molecule has 0 radical (unpaired) electrons. The Hall–Kier alpha value is -3.13. The summed E-state index contributed by atoms with van der Waals surface area (Å²) in [5, 5.41) is 3.31. The van der Waals surface area contributed by atoms with Gasteiger partial charge in [-0.3, -0.25) is 4.79 Å². The number of amides is 1. The van der Waals surface area contributed by atoms with E-state index in [0.29, 0.717) is 5.52 Å². The van der Waals surface area contributed by atoms with Gasteiger partial charge in [0.25, 0.3) is 5.91 Å². The van der Waals surface area contributed by atoms with E-state index in [0.717, 1.165) is 17.5 Å². The van der Waals surface area contributed by atoms with Crippen LogP contribution in [0.2, 0.25) is 0 Å². The van der Waals surface area contributed by atoms with Crippen molar-refractivity contribution < 1.29 is 27.4 Å². The second kappa shape index (κ2) is 8.26. The second-order valence-electron chi connectivity index (χ2n) is 5.89. The Bertz CT molecular complexity index is 990. The average Bonchev–Trinajstić information content (AvgIpc) is 2.68. The number of pyridine rings is 1. The maximum absolute atomic E-state index is 13.1.